The predicted molar refractivity (Wildman–Crippen MR) is 200 cm³/mol. The third-order valence-electron chi connectivity index (χ3n) is 8.78. The number of benzene rings is 1. The highest BCUT2D eigenvalue weighted by molar-refractivity contribution is 5.85. The van der Waals surface area contributed by atoms with Crippen LogP contribution in [-0.2, 0) is 5.54 Å². The van der Waals surface area contributed by atoms with Crippen LogP contribution in [0.3, 0.4) is 0 Å². The second-order valence-corrected chi connectivity index (χ2v) is 14.7. The van der Waals surface area contributed by atoms with E-state index in [0.717, 1.165) is 11.0 Å². The molecule has 0 radical (unpaired) electrons. The molecule has 0 aliphatic carbocycles. The lowest BCUT2D eigenvalue weighted by atomic mass is 9.94. The molecule has 0 aromatic heterocycles. The Morgan fingerprint density at radius 1 is 0.500 bits per heavy atom. The van der Waals surface area contributed by atoms with Crippen LogP contribution in [0, 0.1) is 0 Å². The van der Waals surface area contributed by atoms with E-state index in [4.69, 9.17) is 0 Å². The van der Waals surface area contributed by atoms with Gasteiger partial charge in [0.1, 0.15) is 0 Å². The minimum absolute atomic E-state index is 0. The Morgan fingerprint density at radius 2 is 0.818 bits per heavy atom. The molecule has 1 N–H and O–H groups in total. The molecule has 0 amide bonds. The van der Waals surface area contributed by atoms with E-state index in [-0.39, 0.29) is 30.4 Å². The van der Waals surface area contributed by atoms with Gasteiger partial charge in [0.05, 0.1) is 27.7 Å². The van der Waals surface area contributed by atoms with E-state index >= 15 is 0 Å². The van der Waals surface area contributed by atoms with Gasteiger partial charge in [0.15, 0.2) is 0 Å². The molecular weight excluding hydrogens is 579 g/mol. The van der Waals surface area contributed by atoms with Gasteiger partial charge in [-0.2, -0.15) is 0 Å². The molecule has 0 aliphatic rings. The van der Waals surface area contributed by atoms with Crippen molar-refractivity contribution in [3.8, 4) is 0 Å². The Balaban J connectivity index is -0.000000735. The van der Waals surface area contributed by atoms with E-state index < -0.39 is 0 Å². The van der Waals surface area contributed by atoms with E-state index in [1.807, 2.05) is 0 Å². The second-order valence-electron chi connectivity index (χ2n) is 14.7. The fourth-order valence-electron chi connectivity index (χ4n) is 5.75. The van der Waals surface area contributed by atoms with Crippen molar-refractivity contribution >= 4 is 12.4 Å². The minimum Gasteiger partial charge on any atom is -1.00 e. The van der Waals surface area contributed by atoms with Gasteiger partial charge in [-0.1, -0.05) is 179 Å². The normalized spacial score (nSPS) is 11.3. The van der Waals surface area contributed by atoms with Crippen LogP contribution in [-0.4, -0.2) is 38.7 Å². The van der Waals surface area contributed by atoms with Crippen molar-refractivity contribution in [1.29, 1.82) is 0 Å². The summed E-state index contributed by atoms with van der Waals surface area (Å²) in [5.74, 6) is 0. The largest absolute Gasteiger partial charge is 1.00 e. The van der Waals surface area contributed by atoms with E-state index in [1.165, 1.54) is 166 Å². The van der Waals surface area contributed by atoms with Crippen LogP contribution in [0.25, 0.3) is 0 Å². The number of nitrogens with zero attached hydrogens (tertiary/aromatic N) is 1. The van der Waals surface area contributed by atoms with Gasteiger partial charge in [0, 0.05) is 5.54 Å². The van der Waals surface area contributed by atoms with Crippen LogP contribution in [0.1, 0.15) is 187 Å². The summed E-state index contributed by atoms with van der Waals surface area (Å²) in [6.45, 7) is 11.6. The van der Waals surface area contributed by atoms with E-state index in [1.54, 1.807) is 0 Å². The highest BCUT2D eigenvalue weighted by Gasteiger charge is 2.18. The first-order valence-corrected chi connectivity index (χ1v) is 18.8. The van der Waals surface area contributed by atoms with Gasteiger partial charge in [-0.3, -0.25) is 0 Å². The number of rotatable bonds is 28. The first-order chi connectivity index (χ1) is 20.2. The fourth-order valence-corrected chi connectivity index (χ4v) is 5.75. The number of hydrogen-bond acceptors (Lipinski definition) is 1. The van der Waals surface area contributed by atoms with Gasteiger partial charge < -0.3 is 22.2 Å². The number of hydrogen-bond donors (Lipinski definition) is 1. The van der Waals surface area contributed by atoms with E-state index in [0.29, 0.717) is 0 Å². The third kappa shape index (κ3) is 34.6. The first-order valence-electron chi connectivity index (χ1n) is 18.8. The molecular formula is C40H80Cl2N2. The minimum atomic E-state index is 0. The van der Waals surface area contributed by atoms with E-state index in [9.17, 15) is 0 Å². The molecule has 0 saturated heterocycles. The van der Waals surface area contributed by atoms with Gasteiger partial charge in [0.2, 0.25) is 0 Å². The van der Waals surface area contributed by atoms with Gasteiger partial charge >= 0.3 is 0 Å². The molecule has 0 aliphatic heterocycles. The summed E-state index contributed by atoms with van der Waals surface area (Å²) in [4.78, 5) is 0. The lowest BCUT2D eigenvalue weighted by Crippen LogP contribution is -3.00. The molecule has 1 rings (SSSR count). The fraction of sp³-hybridized carbons (Fsp3) is 0.850. The quantitative estimate of drug-likeness (QED) is 0.0698. The SMILES string of the molecule is CCCCCCCCCCCCCCCC[N+](C)(C)C.CCCCCCCCCCCCNC(C)(C)c1ccccc1.Cl.[Cl-]. The summed E-state index contributed by atoms with van der Waals surface area (Å²) in [5, 5.41) is 3.70. The average molecular weight is 660 g/mol. The second kappa shape index (κ2) is 34.1. The van der Waals surface area contributed by atoms with Crippen molar-refractivity contribution < 1.29 is 16.9 Å². The molecule has 0 unspecified atom stereocenters. The third-order valence-corrected chi connectivity index (χ3v) is 8.78. The lowest BCUT2D eigenvalue weighted by Gasteiger charge is -2.27. The standard InChI is InChI=1S/C21H37N.C19H42N.2ClH/c1-4-5-6-7-8-9-10-11-12-16-19-22-21(2,3)20-17-14-13-15-18-20;1-5-6-7-8-9-10-11-12-13-14-15-16-17-18-19-20(2,3)4;;/h13-15,17-18,22H,4-12,16,19H2,1-3H3;5-19H2,1-4H3;2*1H/q;+1;;/p-1. The number of unbranched alkanes of at least 4 members (excludes halogenated alkanes) is 22. The Kier molecular flexibility index (Phi) is 37.3. The molecule has 0 spiro atoms. The van der Waals surface area contributed by atoms with Crippen molar-refractivity contribution in [1.82, 2.24) is 5.32 Å². The Labute approximate surface area is 291 Å². The van der Waals surface area contributed by atoms with Crippen LogP contribution < -0.4 is 17.7 Å². The summed E-state index contributed by atoms with van der Waals surface area (Å²) in [5.41, 5.74) is 1.46. The molecule has 0 bridgehead atoms. The van der Waals surface area contributed by atoms with E-state index in [2.05, 4.69) is 84.5 Å². The van der Waals surface area contributed by atoms with Crippen LogP contribution >= 0.6 is 12.4 Å². The van der Waals surface area contributed by atoms with Crippen molar-refractivity contribution in [2.24, 2.45) is 0 Å². The van der Waals surface area contributed by atoms with Gasteiger partial charge in [-0.15, -0.1) is 12.4 Å². The average Bonchev–Trinajstić information content (AvgIpc) is 2.96. The number of halogens is 2. The van der Waals surface area contributed by atoms with Crippen LogP contribution in [0.5, 0.6) is 0 Å². The summed E-state index contributed by atoms with van der Waals surface area (Å²) >= 11 is 0. The summed E-state index contributed by atoms with van der Waals surface area (Å²) in [6, 6.07) is 10.8. The maximum atomic E-state index is 3.70. The highest BCUT2D eigenvalue weighted by atomic mass is 35.5. The summed E-state index contributed by atoms with van der Waals surface area (Å²) in [7, 11) is 6.88. The monoisotopic (exact) mass is 659 g/mol. The number of quaternary nitrogens is 1. The Morgan fingerprint density at radius 3 is 1.16 bits per heavy atom. The predicted octanol–water partition coefficient (Wildman–Crippen LogP) is 10.0. The Bertz CT molecular complexity index is 657. The van der Waals surface area contributed by atoms with Crippen LogP contribution in [0.2, 0.25) is 0 Å². The Hall–Kier alpha value is -0.280. The summed E-state index contributed by atoms with van der Waals surface area (Å²) in [6.07, 6.45) is 34.4. The topological polar surface area (TPSA) is 12.0 Å². The molecule has 1 aromatic rings. The highest BCUT2D eigenvalue weighted by Crippen LogP contribution is 2.19. The van der Waals surface area contributed by atoms with Crippen LogP contribution in [0.15, 0.2) is 30.3 Å². The van der Waals surface area contributed by atoms with Gasteiger partial charge in [-0.05, 0) is 45.2 Å². The lowest BCUT2D eigenvalue weighted by molar-refractivity contribution is -0.870. The molecule has 44 heavy (non-hydrogen) atoms. The molecule has 0 heterocycles. The first kappa shape index (κ1) is 48.1. The zero-order valence-corrected chi connectivity index (χ0v) is 32.6. The molecule has 264 valence electrons. The maximum Gasteiger partial charge on any atom is 0.0780 e. The molecule has 0 saturated carbocycles. The molecule has 4 heteroatoms. The molecule has 0 atom stereocenters. The zero-order valence-electron chi connectivity index (χ0n) is 31.0. The van der Waals surface area contributed by atoms with Crippen molar-refractivity contribution in [3.05, 3.63) is 35.9 Å². The molecule has 2 nitrogen and oxygen atoms in total. The van der Waals surface area contributed by atoms with Crippen molar-refractivity contribution in [2.45, 2.75) is 187 Å². The van der Waals surface area contributed by atoms with Gasteiger partial charge in [-0.25, -0.2) is 0 Å². The number of nitrogens with one attached hydrogen (secondary N) is 1. The molecule has 1 aromatic carbocycles. The van der Waals surface area contributed by atoms with Crippen molar-refractivity contribution in [2.75, 3.05) is 34.2 Å². The maximum absolute atomic E-state index is 3.70. The smallest absolute Gasteiger partial charge is 0.0780 e. The summed E-state index contributed by atoms with van der Waals surface area (Å²) < 4.78 is 1.12. The zero-order chi connectivity index (χ0) is 31.2. The van der Waals surface area contributed by atoms with Crippen molar-refractivity contribution in [3.63, 3.8) is 0 Å². The van der Waals surface area contributed by atoms with Crippen LogP contribution in [0.4, 0.5) is 0 Å². The molecule has 0 fully saturated rings. The van der Waals surface area contributed by atoms with Gasteiger partial charge in [0.25, 0.3) is 0 Å².